The molecular formula is C11H17NO5S2. The summed E-state index contributed by atoms with van der Waals surface area (Å²) in [5.41, 5.74) is 0. The quantitative estimate of drug-likeness (QED) is 0.845. The molecule has 0 saturated carbocycles. The molecule has 0 aliphatic carbocycles. The first-order valence-electron chi connectivity index (χ1n) is 5.78. The molecule has 2 rings (SSSR count). The van der Waals surface area contributed by atoms with E-state index in [1.807, 2.05) is 0 Å². The van der Waals surface area contributed by atoms with Crippen LogP contribution in [0.3, 0.4) is 0 Å². The summed E-state index contributed by atoms with van der Waals surface area (Å²) in [4.78, 5) is 0.629. The first-order valence-corrected chi connectivity index (χ1v) is 8.04. The van der Waals surface area contributed by atoms with Crippen LogP contribution >= 0.6 is 11.3 Å². The van der Waals surface area contributed by atoms with Gasteiger partial charge in [-0.25, -0.2) is 8.42 Å². The van der Waals surface area contributed by atoms with E-state index in [1.54, 1.807) is 20.3 Å². The van der Waals surface area contributed by atoms with Crippen LogP contribution in [0.4, 0.5) is 0 Å². The minimum Gasteiger partial charge on any atom is -0.391 e. The molecule has 0 amide bonds. The minimum atomic E-state index is -3.53. The third-order valence-corrected chi connectivity index (χ3v) is 6.54. The molecule has 1 fully saturated rings. The number of ether oxygens (including phenoxy) is 2. The van der Waals surface area contributed by atoms with Gasteiger partial charge in [-0.05, 0) is 12.1 Å². The van der Waals surface area contributed by atoms with Gasteiger partial charge >= 0.3 is 0 Å². The van der Waals surface area contributed by atoms with Gasteiger partial charge in [0.2, 0.25) is 0 Å². The second kappa shape index (κ2) is 5.86. The van der Waals surface area contributed by atoms with Crippen LogP contribution in [0, 0.1) is 0 Å². The van der Waals surface area contributed by atoms with E-state index in [2.05, 4.69) is 0 Å². The largest absolute Gasteiger partial charge is 0.391 e. The van der Waals surface area contributed by atoms with Crippen molar-refractivity contribution in [3.05, 3.63) is 17.0 Å². The smallest absolute Gasteiger partial charge is 0.252 e. The Balaban J connectivity index is 2.21. The van der Waals surface area contributed by atoms with Crippen molar-refractivity contribution in [2.45, 2.75) is 23.0 Å². The number of aliphatic hydroxyl groups excluding tert-OH is 1. The third-order valence-electron chi connectivity index (χ3n) is 3.17. The Bertz CT molecular complexity index is 515. The van der Waals surface area contributed by atoms with Gasteiger partial charge in [0, 0.05) is 32.2 Å². The number of aliphatic hydroxyl groups is 1. The highest BCUT2D eigenvalue weighted by molar-refractivity contribution is 7.91. The average Bonchev–Trinajstić information content (AvgIpc) is 3.05. The second-order valence-electron chi connectivity index (χ2n) is 4.25. The van der Waals surface area contributed by atoms with Gasteiger partial charge in [-0.1, -0.05) is 0 Å². The maximum Gasteiger partial charge on any atom is 0.252 e. The summed E-state index contributed by atoms with van der Waals surface area (Å²) < 4.78 is 36.9. The molecule has 1 aliphatic rings. The van der Waals surface area contributed by atoms with Crippen LogP contribution in [0.25, 0.3) is 0 Å². The molecule has 8 heteroatoms. The number of rotatable bonds is 5. The molecule has 2 unspecified atom stereocenters. The average molecular weight is 307 g/mol. The molecule has 1 aromatic heterocycles. The Morgan fingerprint density at radius 2 is 1.89 bits per heavy atom. The lowest BCUT2D eigenvalue weighted by Gasteiger charge is -2.14. The summed E-state index contributed by atoms with van der Waals surface area (Å²) >= 11 is 1.08. The third kappa shape index (κ3) is 2.83. The number of hydrogen-bond donors (Lipinski definition) is 1. The molecule has 0 spiro atoms. The van der Waals surface area contributed by atoms with Crippen molar-refractivity contribution in [2.24, 2.45) is 0 Å². The summed E-state index contributed by atoms with van der Waals surface area (Å²) in [6.07, 6.45) is -0.505. The lowest BCUT2D eigenvalue weighted by molar-refractivity contribution is -0.00461. The Morgan fingerprint density at radius 1 is 1.32 bits per heavy atom. The van der Waals surface area contributed by atoms with E-state index in [0.29, 0.717) is 4.88 Å². The second-order valence-corrected chi connectivity index (χ2v) is 7.58. The highest BCUT2D eigenvalue weighted by Crippen LogP contribution is 2.28. The number of thiophene rings is 1. The molecular weight excluding hydrogens is 290 g/mol. The molecule has 1 N–H and O–H groups in total. The summed E-state index contributed by atoms with van der Waals surface area (Å²) in [7, 11) is -0.446. The monoisotopic (exact) mass is 307 g/mol. The van der Waals surface area contributed by atoms with Gasteiger partial charge in [0.15, 0.2) is 0 Å². The van der Waals surface area contributed by atoms with Crippen molar-refractivity contribution in [2.75, 3.05) is 27.3 Å². The normalized spacial score (nSPS) is 25.0. The van der Waals surface area contributed by atoms with Crippen LogP contribution < -0.4 is 0 Å². The van der Waals surface area contributed by atoms with Gasteiger partial charge in [0.1, 0.15) is 4.21 Å². The molecule has 6 nitrogen and oxygen atoms in total. The Hall–Kier alpha value is -0.510. The predicted molar refractivity (Wildman–Crippen MR) is 70.6 cm³/mol. The first-order chi connectivity index (χ1) is 9.02. The van der Waals surface area contributed by atoms with E-state index in [1.165, 1.54) is 10.4 Å². The number of sulfonamides is 1. The van der Waals surface area contributed by atoms with E-state index < -0.39 is 10.0 Å². The summed E-state index contributed by atoms with van der Waals surface area (Å²) in [5, 5.41) is 9.00. The standard InChI is InChI=1S/C11H17NO5S2/c1-16-9-5-12(6-10(9)17-2)19(14,15)11-4-3-8(7-13)18-11/h3-4,9-10,13H,5-7H2,1-2H3. The van der Waals surface area contributed by atoms with E-state index >= 15 is 0 Å². The van der Waals surface area contributed by atoms with Gasteiger partial charge in [-0.15, -0.1) is 11.3 Å². The van der Waals surface area contributed by atoms with E-state index in [0.717, 1.165) is 11.3 Å². The summed E-state index contributed by atoms with van der Waals surface area (Å²) in [5.74, 6) is 0. The molecule has 1 saturated heterocycles. The highest BCUT2D eigenvalue weighted by atomic mass is 32.2. The zero-order chi connectivity index (χ0) is 14.0. The lowest BCUT2D eigenvalue weighted by atomic mass is 10.3. The van der Waals surface area contributed by atoms with E-state index in [-0.39, 0.29) is 36.1 Å². The van der Waals surface area contributed by atoms with Crippen molar-refractivity contribution in [3.63, 3.8) is 0 Å². The van der Waals surface area contributed by atoms with Crippen LogP contribution in [0.5, 0.6) is 0 Å². The number of hydrogen-bond acceptors (Lipinski definition) is 6. The van der Waals surface area contributed by atoms with Crippen LogP contribution in [-0.4, -0.2) is 57.3 Å². The molecule has 108 valence electrons. The topological polar surface area (TPSA) is 76.1 Å². The molecule has 0 aromatic carbocycles. The van der Waals surface area contributed by atoms with E-state index in [9.17, 15) is 8.42 Å². The number of methoxy groups -OCH3 is 2. The van der Waals surface area contributed by atoms with Crippen LogP contribution in [0.15, 0.2) is 16.3 Å². The number of nitrogens with zero attached hydrogens (tertiary/aromatic N) is 1. The minimum absolute atomic E-state index is 0.151. The Kier molecular flexibility index (Phi) is 4.59. The summed E-state index contributed by atoms with van der Waals surface area (Å²) in [6, 6.07) is 3.14. The Morgan fingerprint density at radius 3 is 2.32 bits per heavy atom. The fourth-order valence-corrected chi connectivity index (χ4v) is 4.90. The fourth-order valence-electron chi connectivity index (χ4n) is 2.07. The fraction of sp³-hybridized carbons (Fsp3) is 0.636. The zero-order valence-corrected chi connectivity index (χ0v) is 12.4. The van der Waals surface area contributed by atoms with Crippen molar-refractivity contribution < 1.29 is 23.0 Å². The van der Waals surface area contributed by atoms with Crippen molar-refractivity contribution in [1.82, 2.24) is 4.31 Å². The Labute approximate surface area is 116 Å². The zero-order valence-electron chi connectivity index (χ0n) is 10.8. The molecule has 1 aromatic rings. The molecule has 2 atom stereocenters. The molecule has 0 radical (unpaired) electrons. The maximum atomic E-state index is 12.4. The van der Waals surface area contributed by atoms with Gasteiger partial charge in [-0.3, -0.25) is 0 Å². The van der Waals surface area contributed by atoms with E-state index in [4.69, 9.17) is 14.6 Å². The van der Waals surface area contributed by atoms with Gasteiger partial charge < -0.3 is 14.6 Å². The van der Waals surface area contributed by atoms with Crippen LogP contribution in [0.2, 0.25) is 0 Å². The van der Waals surface area contributed by atoms with Crippen molar-refractivity contribution in [3.8, 4) is 0 Å². The molecule has 0 bridgehead atoms. The molecule has 19 heavy (non-hydrogen) atoms. The van der Waals surface area contributed by atoms with Gasteiger partial charge in [0.05, 0.1) is 18.8 Å². The maximum absolute atomic E-state index is 12.4. The van der Waals surface area contributed by atoms with Crippen molar-refractivity contribution >= 4 is 21.4 Å². The van der Waals surface area contributed by atoms with Gasteiger partial charge in [-0.2, -0.15) is 4.31 Å². The SMILES string of the molecule is COC1CN(S(=O)(=O)c2ccc(CO)s2)CC1OC. The van der Waals surface area contributed by atoms with Crippen molar-refractivity contribution in [1.29, 1.82) is 0 Å². The summed E-state index contributed by atoms with van der Waals surface area (Å²) in [6.45, 7) is 0.412. The molecule has 1 aliphatic heterocycles. The highest BCUT2D eigenvalue weighted by Gasteiger charge is 2.40. The van der Waals surface area contributed by atoms with Crippen LogP contribution in [0.1, 0.15) is 4.88 Å². The lowest BCUT2D eigenvalue weighted by Crippen LogP contribution is -2.29. The first kappa shape index (κ1) is 14.9. The van der Waals surface area contributed by atoms with Crippen LogP contribution in [-0.2, 0) is 26.1 Å². The predicted octanol–water partition coefficient (Wildman–Crippen LogP) is 0.275. The van der Waals surface area contributed by atoms with Gasteiger partial charge in [0.25, 0.3) is 10.0 Å². The molecule has 2 heterocycles.